The number of hydrogen-bond donors (Lipinski definition) is 3. The van der Waals surface area contributed by atoms with Gasteiger partial charge in [0, 0.05) is 31.5 Å². The predicted octanol–water partition coefficient (Wildman–Crippen LogP) is 2.65. The van der Waals surface area contributed by atoms with E-state index >= 15 is 0 Å². The molecular formula is C19H23N5O3S. The zero-order valence-corrected chi connectivity index (χ0v) is 16.6. The average Bonchev–Trinajstić information content (AvgIpc) is 3.05. The highest BCUT2D eigenvalue weighted by Crippen LogP contribution is 2.34. The van der Waals surface area contributed by atoms with Gasteiger partial charge >= 0.3 is 0 Å². The van der Waals surface area contributed by atoms with Crippen molar-refractivity contribution in [2.24, 2.45) is 5.73 Å². The van der Waals surface area contributed by atoms with Gasteiger partial charge in [-0.3, -0.25) is 10.1 Å². The van der Waals surface area contributed by atoms with Crippen molar-refractivity contribution in [3.8, 4) is 11.5 Å². The van der Waals surface area contributed by atoms with Gasteiger partial charge in [-0.2, -0.15) is 5.10 Å². The fourth-order valence-corrected chi connectivity index (χ4v) is 2.87. The summed E-state index contributed by atoms with van der Waals surface area (Å²) in [6.07, 6.45) is 2.32. The monoisotopic (exact) mass is 401 g/mol. The van der Waals surface area contributed by atoms with Crippen LogP contribution in [0, 0.1) is 0 Å². The molecule has 148 valence electrons. The molecule has 0 fully saturated rings. The Hall–Kier alpha value is -2.91. The first kappa shape index (κ1) is 19.8. The van der Waals surface area contributed by atoms with Crippen LogP contribution in [-0.4, -0.2) is 46.7 Å². The van der Waals surface area contributed by atoms with E-state index in [0.29, 0.717) is 37.0 Å². The molecule has 1 aromatic carbocycles. The second-order valence-electron chi connectivity index (χ2n) is 6.21. The number of pyridine rings is 1. The normalized spacial score (nSPS) is 11.9. The standard InChI is InChI=1S/C19H23N5O3S/c1-12(11-25-2)27-14-9-15-17(23-24-18(15)22-19(20)28)16(10-14)26-8-6-13-5-3-4-7-21-13/h3-5,7,9-10,12H,6,8,11H2,1-2H3,(H4,20,22,23,24,28)/t12-/m0/s1. The Labute approximate surface area is 168 Å². The number of thiocarbonyl (C=S) groups is 1. The number of nitrogens with zero attached hydrogens (tertiary/aromatic N) is 2. The van der Waals surface area contributed by atoms with E-state index in [0.717, 1.165) is 16.6 Å². The van der Waals surface area contributed by atoms with Crippen molar-refractivity contribution in [3.05, 3.63) is 42.2 Å². The van der Waals surface area contributed by atoms with Crippen LogP contribution in [0.4, 0.5) is 5.82 Å². The van der Waals surface area contributed by atoms with Crippen LogP contribution in [0.5, 0.6) is 11.5 Å². The summed E-state index contributed by atoms with van der Waals surface area (Å²) >= 11 is 4.93. The Kier molecular flexibility index (Phi) is 6.62. The fourth-order valence-electron chi connectivity index (χ4n) is 2.77. The number of anilines is 1. The van der Waals surface area contributed by atoms with Crippen molar-refractivity contribution >= 4 is 34.1 Å². The second-order valence-corrected chi connectivity index (χ2v) is 6.65. The van der Waals surface area contributed by atoms with E-state index in [2.05, 4.69) is 20.5 Å². The van der Waals surface area contributed by atoms with Crippen molar-refractivity contribution in [3.63, 3.8) is 0 Å². The first-order valence-electron chi connectivity index (χ1n) is 8.83. The number of nitrogens with two attached hydrogens (primary N) is 1. The van der Waals surface area contributed by atoms with Gasteiger partial charge in [-0.25, -0.2) is 0 Å². The van der Waals surface area contributed by atoms with Crippen LogP contribution in [0.3, 0.4) is 0 Å². The Morgan fingerprint density at radius 3 is 2.93 bits per heavy atom. The summed E-state index contributed by atoms with van der Waals surface area (Å²) in [6.45, 7) is 2.86. The molecule has 1 atom stereocenters. The number of aromatic nitrogens is 3. The van der Waals surface area contributed by atoms with E-state index in [4.69, 9.17) is 32.2 Å². The van der Waals surface area contributed by atoms with E-state index < -0.39 is 0 Å². The van der Waals surface area contributed by atoms with E-state index in [-0.39, 0.29) is 11.2 Å². The summed E-state index contributed by atoms with van der Waals surface area (Å²) in [5.41, 5.74) is 7.28. The quantitative estimate of drug-likeness (QED) is 0.470. The highest BCUT2D eigenvalue weighted by atomic mass is 32.1. The van der Waals surface area contributed by atoms with Crippen molar-refractivity contribution < 1.29 is 14.2 Å². The van der Waals surface area contributed by atoms with Gasteiger partial charge < -0.3 is 25.3 Å². The minimum absolute atomic E-state index is 0.122. The summed E-state index contributed by atoms with van der Waals surface area (Å²) < 4.78 is 17.1. The van der Waals surface area contributed by atoms with Crippen LogP contribution in [0.15, 0.2) is 36.5 Å². The van der Waals surface area contributed by atoms with Crippen molar-refractivity contribution in [2.75, 3.05) is 25.6 Å². The molecule has 0 saturated heterocycles. The van der Waals surface area contributed by atoms with Crippen LogP contribution in [0.2, 0.25) is 0 Å². The Bertz CT molecular complexity index is 932. The van der Waals surface area contributed by atoms with Crippen LogP contribution >= 0.6 is 12.2 Å². The lowest BCUT2D eigenvalue weighted by Crippen LogP contribution is -2.19. The maximum absolute atomic E-state index is 6.01. The lowest BCUT2D eigenvalue weighted by Gasteiger charge is -2.15. The van der Waals surface area contributed by atoms with Gasteiger partial charge in [0.05, 0.1) is 18.6 Å². The van der Waals surface area contributed by atoms with Crippen LogP contribution in [0.25, 0.3) is 10.9 Å². The number of benzene rings is 1. The minimum Gasteiger partial charge on any atom is -0.491 e. The molecule has 9 heteroatoms. The van der Waals surface area contributed by atoms with Gasteiger partial charge in [-0.05, 0) is 37.3 Å². The Balaban J connectivity index is 1.85. The predicted molar refractivity (Wildman–Crippen MR) is 112 cm³/mol. The van der Waals surface area contributed by atoms with Crippen LogP contribution in [-0.2, 0) is 11.2 Å². The molecule has 0 unspecified atom stereocenters. The van der Waals surface area contributed by atoms with Gasteiger partial charge in [0.2, 0.25) is 0 Å². The molecule has 3 rings (SSSR count). The molecule has 0 amide bonds. The molecular weight excluding hydrogens is 378 g/mol. The molecule has 0 aliphatic rings. The lowest BCUT2D eigenvalue weighted by molar-refractivity contribution is 0.0920. The molecule has 2 aromatic heterocycles. The SMILES string of the molecule is COC[C@H](C)Oc1cc(OCCc2ccccn2)c2[nH]nc(NC(N)=S)c2c1. The molecule has 0 aliphatic heterocycles. The topological polar surface area (TPSA) is 107 Å². The molecule has 2 heterocycles. The van der Waals surface area contributed by atoms with Gasteiger partial charge in [0.1, 0.15) is 23.1 Å². The molecule has 0 radical (unpaired) electrons. The summed E-state index contributed by atoms with van der Waals surface area (Å²) in [5.74, 6) is 1.77. The molecule has 8 nitrogen and oxygen atoms in total. The van der Waals surface area contributed by atoms with Gasteiger partial charge in [0.15, 0.2) is 10.9 Å². The zero-order valence-electron chi connectivity index (χ0n) is 15.8. The molecule has 28 heavy (non-hydrogen) atoms. The van der Waals surface area contributed by atoms with Crippen LogP contribution < -0.4 is 20.5 Å². The molecule has 4 N–H and O–H groups in total. The number of hydrogen-bond acceptors (Lipinski definition) is 6. The largest absolute Gasteiger partial charge is 0.491 e. The Morgan fingerprint density at radius 2 is 2.21 bits per heavy atom. The molecule has 3 aromatic rings. The van der Waals surface area contributed by atoms with E-state index in [1.807, 2.05) is 37.3 Å². The second kappa shape index (κ2) is 9.34. The molecule has 0 saturated carbocycles. The lowest BCUT2D eigenvalue weighted by atomic mass is 10.2. The Morgan fingerprint density at radius 1 is 1.36 bits per heavy atom. The summed E-state index contributed by atoms with van der Waals surface area (Å²) in [5, 5.41) is 11.0. The number of methoxy groups -OCH3 is 1. The zero-order chi connectivity index (χ0) is 19.9. The van der Waals surface area contributed by atoms with Gasteiger partial charge in [-0.15, -0.1) is 0 Å². The van der Waals surface area contributed by atoms with Crippen LogP contribution in [0.1, 0.15) is 12.6 Å². The molecule has 0 spiro atoms. The molecule has 0 aliphatic carbocycles. The number of H-pyrrole nitrogens is 1. The van der Waals surface area contributed by atoms with Gasteiger partial charge in [0.25, 0.3) is 0 Å². The summed E-state index contributed by atoms with van der Waals surface area (Å²) in [4.78, 5) is 4.31. The third-order valence-corrected chi connectivity index (χ3v) is 4.03. The first-order valence-corrected chi connectivity index (χ1v) is 9.24. The number of ether oxygens (including phenoxy) is 3. The minimum atomic E-state index is -0.122. The smallest absolute Gasteiger partial charge is 0.169 e. The average molecular weight is 401 g/mol. The number of aromatic amines is 1. The van der Waals surface area contributed by atoms with Gasteiger partial charge in [-0.1, -0.05) is 6.07 Å². The van der Waals surface area contributed by atoms with Crippen molar-refractivity contribution in [1.82, 2.24) is 15.2 Å². The third-order valence-electron chi connectivity index (χ3n) is 3.93. The number of nitrogens with one attached hydrogen (secondary N) is 2. The summed E-state index contributed by atoms with van der Waals surface area (Å²) in [6, 6.07) is 9.49. The van der Waals surface area contributed by atoms with E-state index in [1.165, 1.54) is 0 Å². The molecule has 0 bridgehead atoms. The number of rotatable bonds is 9. The number of fused-ring (bicyclic) bond motifs is 1. The first-order chi connectivity index (χ1) is 13.6. The third kappa shape index (κ3) is 5.08. The van der Waals surface area contributed by atoms with E-state index in [9.17, 15) is 0 Å². The maximum atomic E-state index is 6.01. The fraction of sp³-hybridized carbons (Fsp3) is 0.316. The highest BCUT2D eigenvalue weighted by molar-refractivity contribution is 7.80. The summed E-state index contributed by atoms with van der Waals surface area (Å²) in [7, 11) is 1.63. The highest BCUT2D eigenvalue weighted by Gasteiger charge is 2.15. The van der Waals surface area contributed by atoms with Crippen molar-refractivity contribution in [1.29, 1.82) is 0 Å². The maximum Gasteiger partial charge on any atom is 0.169 e. The van der Waals surface area contributed by atoms with E-state index in [1.54, 1.807) is 13.3 Å². The van der Waals surface area contributed by atoms with Crippen molar-refractivity contribution in [2.45, 2.75) is 19.4 Å².